The Hall–Kier alpha value is -3.34. The van der Waals surface area contributed by atoms with Crippen LogP contribution in [0.5, 0.6) is 0 Å². The van der Waals surface area contributed by atoms with Crippen molar-refractivity contribution in [1.82, 2.24) is 19.3 Å². The van der Waals surface area contributed by atoms with Crippen molar-refractivity contribution in [3.8, 4) is 17.5 Å². The summed E-state index contributed by atoms with van der Waals surface area (Å²) >= 11 is 1.25. The van der Waals surface area contributed by atoms with Gasteiger partial charge in [-0.25, -0.2) is 4.98 Å². The first-order valence-corrected chi connectivity index (χ1v) is 11.0. The van der Waals surface area contributed by atoms with Crippen molar-refractivity contribution in [3.05, 3.63) is 87.7 Å². The molecule has 0 aliphatic rings. The van der Waals surface area contributed by atoms with Crippen molar-refractivity contribution in [2.75, 3.05) is 0 Å². The van der Waals surface area contributed by atoms with E-state index in [9.17, 15) is 4.79 Å². The molecule has 0 saturated carbocycles. The number of hydrogen-bond donors (Lipinski definition) is 1. The molecule has 4 aromatic rings. The molecule has 2 aromatic carbocycles. The highest BCUT2D eigenvalue weighted by atomic mass is 32.2. The van der Waals surface area contributed by atoms with Crippen molar-refractivity contribution in [2.24, 2.45) is 12.2 Å². The van der Waals surface area contributed by atoms with Crippen LogP contribution in [-0.4, -0.2) is 19.3 Å². The van der Waals surface area contributed by atoms with E-state index in [1.807, 2.05) is 69.4 Å². The summed E-state index contributed by atoms with van der Waals surface area (Å²) in [6, 6.07) is 15.2. The smallest absolute Gasteiger partial charge is 0.267 e. The fourth-order valence-electron chi connectivity index (χ4n) is 3.69. The van der Waals surface area contributed by atoms with Crippen molar-refractivity contribution in [1.29, 1.82) is 0 Å². The van der Waals surface area contributed by atoms with E-state index in [0.29, 0.717) is 22.9 Å². The number of hydrogen-bond acceptors (Lipinski definition) is 5. The second-order valence-corrected chi connectivity index (χ2v) is 8.13. The lowest BCUT2D eigenvalue weighted by Gasteiger charge is -2.13. The second-order valence-electron chi connectivity index (χ2n) is 7.15. The average Bonchev–Trinajstić information content (AvgIpc) is 3.17. The zero-order valence-corrected chi connectivity index (χ0v) is 18.5. The molecule has 2 aromatic heterocycles. The molecular weight excluding hydrogens is 406 g/mol. The van der Waals surface area contributed by atoms with E-state index in [0.717, 1.165) is 22.8 Å². The first-order chi connectivity index (χ1) is 15.0. The molecule has 0 fully saturated rings. The van der Waals surface area contributed by atoms with Gasteiger partial charge in [-0.1, -0.05) is 55.0 Å². The van der Waals surface area contributed by atoms with Crippen LogP contribution in [0.25, 0.3) is 16.6 Å². The Morgan fingerprint density at radius 2 is 1.84 bits per heavy atom. The molecule has 6 nitrogen and oxygen atoms in total. The molecule has 0 aliphatic heterocycles. The van der Waals surface area contributed by atoms with Crippen molar-refractivity contribution in [2.45, 2.75) is 25.5 Å². The van der Waals surface area contributed by atoms with Gasteiger partial charge in [0.25, 0.3) is 5.56 Å². The topological polar surface area (TPSA) is 78.7 Å². The SMILES string of the molecule is CCc1nc2cccc(C#Cc3cnn(C)c3C(C)SN)c2c(=O)n1-c1ccccc1. The van der Waals surface area contributed by atoms with E-state index in [1.165, 1.54) is 11.9 Å². The quantitative estimate of drug-likeness (QED) is 0.395. The van der Waals surface area contributed by atoms with Gasteiger partial charge in [0.05, 0.1) is 39.3 Å². The molecule has 1 unspecified atom stereocenters. The Kier molecular flexibility index (Phi) is 5.94. The summed E-state index contributed by atoms with van der Waals surface area (Å²) in [4.78, 5) is 18.4. The van der Waals surface area contributed by atoms with Crippen LogP contribution in [0.15, 0.2) is 59.5 Å². The van der Waals surface area contributed by atoms with Crippen molar-refractivity contribution >= 4 is 22.9 Å². The number of aryl methyl sites for hydroxylation is 2. The lowest BCUT2D eigenvalue weighted by molar-refractivity contribution is 0.713. The average molecular weight is 430 g/mol. The highest BCUT2D eigenvalue weighted by molar-refractivity contribution is 7.97. The van der Waals surface area contributed by atoms with Gasteiger partial charge < -0.3 is 0 Å². The third kappa shape index (κ3) is 3.88. The first kappa shape index (κ1) is 20.9. The molecule has 0 radical (unpaired) electrons. The molecule has 4 rings (SSSR count). The van der Waals surface area contributed by atoms with Crippen LogP contribution >= 0.6 is 11.9 Å². The van der Waals surface area contributed by atoms with Crippen LogP contribution in [0.4, 0.5) is 0 Å². The lowest BCUT2D eigenvalue weighted by atomic mass is 10.1. The molecule has 0 aliphatic carbocycles. The largest absolute Gasteiger partial charge is 0.277 e. The van der Waals surface area contributed by atoms with Gasteiger partial charge in [0, 0.05) is 19.0 Å². The summed E-state index contributed by atoms with van der Waals surface area (Å²) in [6.45, 7) is 4.01. The molecule has 1 atom stereocenters. The van der Waals surface area contributed by atoms with E-state index >= 15 is 0 Å². The highest BCUT2D eigenvalue weighted by Crippen LogP contribution is 2.26. The molecular formula is C24H23N5OS. The minimum absolute atomic E-state index is 0.0494. The maximum atomic E-state index is 13.6. The fourth-order valence-corrected chi connectivity index (χ4v) is 4.09. The maximum Gasteiger partial charge on any atom is 0.267 e. The molecule has 2 N–H and O–H groups in total. The molecule has 0 bridgehead atoms. The minimum atomic E-state index is -0.116. The van der Waals surface area contributed by atoms with E-state index in [-0.39, 0.29) is 10.8 Å². The number of para-hydroxylation sites is 1. The van der Waals surface area contributed by atoms with Crippen LogP contribution in [0.2, 0.25) is 0 Å². The Labute approximate surface area is 185 Å². The number of rotatable bonds is 4. The van der Waals surface area contributed by atoms with E-state index < -0.39 is 0 Å². The highest BCUT2D eigenvalue weighted by Gasteiger charge is 2.16. The zero-order chi connectivity index (χ0) is 22.0. The van der Waals surface area contributed by atoms with Gasteiger partial charge in [-0.2, -0.15) is 5.10 Å². The van der Waals surface area contributed by atoms with Crippen molar-refractivity contribution < 1.29 is 0 Å². The normalized spacial score (nSPS) is 11.9. The van der Waals surface area contributed by atoms with Crippen LogP contribution in [0.1, 0.15) is 41.7 Å². The summed E-state index contributed by atoms with van der Waals surface area (Å²) in [5.41, 5.74) is 3.73. The standard InChI is InChI=1S/C24H23N5OS/c1-4-21-27-20-12-8-9-17(13-14-18-15-26-28(3)23(18)16(2)31-25)22(20)24(30)29(21)19-10-6-5-7-11-19/h5-12,15-16H,4,25H2,1-3H3. The summed E-state index contributed by atoms with van der Waals surface area (Å²) in [7, 11) is 1.87. The van der Waals surface area contributed by atoms with Crippen LogP contribution in [-0.2, 0) is 13.5 Å². The Bertz CT molecular complexity index is 1360. The Morgan fingerprint density at radius 3 is 2.55 bits per heavy atom. The van der Waals surface area contributed by atoms with Crippen molar-refractivity contribution in [3.63, 3.8) is 0 Å². The van der Waals surface area contributed by atoms with Crippen LogP contribution in [0.3, 0.4) is 0 Å². The summed E-state index contributed by atoms with van der Waals surface area (Å²) in [5, 5.41) is 10.7. The summed E-state index contributed by atoms with van der Waals surface area (Å²) in [6.07, 6.45) is 2.37. The molecule has 156 valence electrons. The van der Waals surface area contributed by atoms with Crippen LogP contribution in [0, 0.1) is 11.8 Å². The number of nitrogens with two attached hydrogens (primary N) is 1. The molecule has 2 heterocycles. The first-order valence-electron chi connectivity index (χ1n) is 10.0. The fraction of sp³-hybridized carbons (Fsp3) is 0.208. The minimum Gasteiger partial charge on any atom is -0.277 e. The number of benzene rings is 2. The number of aromatic nitrogens is 4. The molecule has 0 amide bonds. The van der Waals surface area contributed by atoms with Crippen LogP contribution < -0.4 is 10.7 Å². The summed E-state index contributed by atoms with van der Waals surface area (Å²) < 4.78 is 3.46. The summed E-state index contributed by atoms with van der Waals surface area (Å²) in [5.74, 6) is 7.10. The van der Waals surface area contributed by atoms with E-state index in [2.05, 4.69) is 16.9 Å². The molecule has 31 heavy (non-hydrogen) atoms. The maximum absolute atomic E-state index is 13.6. The molecule has 0 saturated heterocycles. The van der Waals surface area contributed by atoms with E-state index in [4.69, 9.17) is 10.1 Å². The van der Waals surface area contributed by atoms with Gasteiger partial charge in [-0.05, 0) is 31.2 Å². The molecule has 7 heteroatoms. The van der Waals surface area contributed by atoms with Gasteiger partial charge in [0.2, 0.25) is 0 Å². The zero-order valence-electron chi connectivity index (χ0n) is 17.7. The lowest BCUT2D eigenvalue weighted by Crippen LogP contribution is -2.24. The van der Waals surface area contributed by atoms with Gasteiger partial charge in [-0.3, -0.25) is 19.2 Å². The Morgan fingerprint density at radius 1 is 1.10 bits per heavy atom. The van der Waals surface area contributed by atoms with Gasteiger partial charge >= 0.3 is 0 Å². The third-order valence-corrected chi connectivity index (χ3v) is 5.83. The third-order valence-electron chi connectivity index (χ3n) is 5.20. The number of fused-ring (bicyclic) bond motifs is 1. The van der Waals surface area contributed by atoms with E-state index in [1.54, 1.807) is 15.4 Å². The second kappa shape index (κ2) is 8.80. The number of nitrogens with zero attached hydrogens (tertiary/aromatic N) is 4. The predicted molar refractivity (Wildman–Crippen MR) is 126 cm³/mol. The van der Waals surface area contributed by atoms with Gasteiger partial charge in [-0.15, -0.1) is 0 Å². The predicted octanol–water partition coefficient (Wildman–Crippen LogP) is 3.75. The Balaban J connectivity index is 1.93. The monoisotopic (exact) mass is 429 g/mol. The molecule has 0 spiro atoms. The van der Waals surface area contributed by atoms with Gasteiger partial charge in [0.1, 0.15) is 5.82 Å². The van der Waals surface area contributed by atoms with Gasteiger partial charge in [0.15, 0.2) is 0 Å².